The number of hydrogen-bond donors (Lipinski definition) is 2. The summed E-state index contributed by atoms with van der Waals surface area (Å²) >= 11 is 9.30. The van der Waals surface area contributed by atoms with E-state index in [4.69, 9.17) is 16.7 Å². The Bertz CT molecular complexity index is 510. The number of aliphatic carboxylic acids is 1. The van der Waals surface area contributed by atoms with E-state index in [0.717, 1.165) is 4.47 Å². The first-order valence-electron chi connectivity index (χ1n) is 6.09. The Kier molecular flexibility index (Phi) is 6.29. The Morgan fingerprint density at radius 2 is 2.15 bits per heavy atom. The number of halogens is 2. The zero-order valence-electron chi connectivity index (χ0n) is 11.2. The average Bonchev–Trinajstić information content (AvgIpc) is 2.38. The van der Waals surface area contributed by atoms with Gasteiger partial charge in [-0.3, -0.25) is 4.79 Å². The minimum atomic E-state index is -0.932. The Balaban J connectivity index is 2.74. The van der Waals surface area contributed by atoms with Crippen molar-refractivity contribution in [3.63, 3.8) is 0 Å². The van der Waals surface area contributed by atoms with Crippen LogP contribution >= 0.6 is 27.5 Å². The zero-order valence-corrected chi connectivity index (χ0v) is 13.5. The van der Waals surface area contributed by atoms with Gasteiger partial charge in [0, 0.05) is 17.6 Å². The van der Waals surface area contributed by atoms with Gasteiger partial charge in [0.1, 0.15) is 0 Å². The fourth-order valence-electron chi connectivity index (χ4n) is 1.55. The second kappa shape index (κ2) is 7.50. The summed E-state index contributed by atoms with van der Waals surface area (Å²) in [7, 11) is 0. The number of carboxylic acid groups (broad SMARTS) is 1. The third-order valence-corrected chi connectivity index (χ3v) is 3.56. The number of amides is 2. The highest BCUT2D eigenvalue weighted by Crippen LogP contribution is 2.25. The second-order valence-corrected chi connectivity index (χ2v) is 5.66. The van der Waals surface area contributed by atoms with Crippen molar-refractivity contribution in [2.45, 2.75) is 13.8 Å². The van der Waals surface area contributed by atoms with Gasteiger partial charge in [0.25, 0.3) is 0 Å². The lowest BCUT2D eigenvalue weighted by Crippen LogP contribution is -2.39. The molecule has 0 aromatic heterocycles. The van der Waals surface area contributed by atoms with Gasteiger partial charge < -0.3 is 15.3 Å². The van der Waals surface area contributed by atoms with Crippen LogP contribution in [0.1, 0.15) is 13.8 Å². The molecule has 0 spiro atoms. The maximum atomic E-state index is 12.1. The van der Waals surface area contributed by atoms with Crippen molar-refractivity contribution in [1.29, 1.82) is 0 Å². The van der Waals surface area contributed by atoms with Crippen LogP contribution in [0.4, 0.5) is 10.5 Å². The molecule has 0 fully saturated rings. The molecule has 1 rings (SSSR count). The predicted molar refractivity (Wildman–Crippen MR) is 82.2 cm³/mol. The van der Waals surface area contributed by atoms with Gasteiger partial charge in [-0.05, 0) is 25.1 Å². The summed E-state index contributed by atoms with van der Waals surface area (Å²) in [6, 6.07) is 4.74. The molecule has 7 heteroatoms. The Morgan fingerprint density at radius 1 is 1.50 bits per heavy atom. The van der Waals surface area contributed by atoms with Crippen molar-refractivity contribution in [2.24, 2.45) is 5.92 Å². The van der Waals surface area contributed by atoms with Gasteiger partial charge in [-0.2, -0.15) is 0 Å². The highest BCUT2D eigenvalue weighted by atomic mass is 79.9. The molecule has 0 aliphatic heterocycles. The van der Waals surface area contributed by atoms with E-state index in [-0.39, 0.29) is 12.6 Å². The highest BCUT2D eigenvalue weighted by molar-refractivity contribution is 9.10. The number of carbonyl (C=O) groups excluding carboxylic acids is 1. The lowest BCUT2D eigenvalue weighted by atomic mass is 10.2. The minimum absolute atomic E-state index is 0.145. The molecule has 2 N–H and O–H groups in total. The summed E-state index contributed by atoms with van der Waals surface area (Å²) in [5.74, 6) is -1.56. The average molecular weight is 364 g/mol. The lowest BCUT2D eigenvalue weighted by Gasteiger charge is -2.23. The molecule has 0 aliphatic carbocycles. The van der Waals surface area contributed by atoms with Gasteiger partial charge in [-0.25, -0.2) is 4.79 Å². The topological polar surface area (TPSA) is 69.6 Å². The fraction of sp³-hybridized carbons (Fsp3) is 0.385. The van der Waals surface area contributed by atoms with E-state index in [1.807, 2.05) is 0 Å². The number of hydrogen-bond acceptors (Lipinski definition) is 2. The van der Waals surface area contributed by atoms with Gasteiger partial charge >= 0.3 is 12.0 Å². The molecule has 2 amide bonds. The molecule has 1 atom stereocenters. The Morgan fingerprint density at radius 3 is 2.65 bits per heavy atom. The molecule has 1 unspecified atom stereocenters. The van der Waals surface area contributed by atoms with Crippen LogP contribution in [0.15, 0.2) is 22.7 Å². The highest BCUT2D eigenvalue weighted by Gasteiger charge is 2.19. The van der Waals surface area contributed by atoms with Crippen LogP contribution in [0.5, 0.6) is 0 Å². The number of rotatable bonds is 5. The van der Waals surface area contributed by atoms with Gasteiger partial charge in [0.15, 0.2) is 0 Å². The summed E-state index contributed by atoms with van der Waals surface area (Å²) in [5, 5.41) is 12.0. The van der Waals surface area contributed by atoms with E-state index in [2.05, 4.69) is 21.2 Å². The van der Waals surface area contributed by atoms with E-state index >= 15 is 0 Å². The van der Waals surface area contributed by atoms with Crippen molar-refractivity contribution in [1.82, 2.24) is 4.90 Å². The van der Waals surface area contributed by atoms with E-state index in [1.54, 1.807) is 32.0 Å². The summed E-state index contributed by atoms with van der Waals surface area (Å²) in [6.45, 7) is 3.91. The van der Waals surface area contributed by atoms with Gasteiger partial charge in [0.05, 0.1) is 16.6 Å². The van der Waals surface area contributed by atoms with Crippen LogP contribution in [-0.4, -0.2) is 35.1 Å². The second-order valence-electron chi connectivity index (χ2n) is 4.33. The summed E-state index contributed by atoms with van der Waals surface area (Å²) in [4.78, 5) is 24.4. The molecule has 0 heterocycles. The standard InChI is InChI=1S/C13H16BrClN2O3/c1-3-17(7-8(2)12(18)19)13(20)16-11-5-4-9(14)6-10(11)15/h4-6,8H,3,7H2,1-2H3,(H,16,20)(H,18,19). The maximum absolute atomic E-state index is 12.1. The van der Waals surface area contributed by atoms with Crippen LogP contribution in [-0.2, 0) is 4.79 Å². The third-order valence-electron chi connectivity index (χ3n) is 2.76. The van der Waals surface area contributed by atoms with Crippen molar-refractivity contribution in [3.8, 4) is 0 Å². The Hall–Kier alpha value is -1.27. The largest absolute Gasteiger partial charge is 0.481 e. The van der Waals surface area contributed by atoms with Crippen LogP contribution < -0.4 is 5.32 Å². The summed E-state index contributed by atoms with van der Waals surface area (Å²) in [5.41, 5.74) is 0.487. The number of urea groups is 1. The van der Waals surface area contributed by atoms with Crippen LogP contribution in [0.2, 0.25) is 5.02 Å². The molecular formula is C13H16BrClN2O3. The first kappa shape index (κ1) is 16.8. The van der Waals surface area contributed by atoms with Crippen molar-refractivity contribution >= 4 is 45.2 Å². The number of carbonyl (C=O) groups is 2. The third kappa shape index (κ3) is 4.68. The zero-order chi connectivity index (χ0) is 15.3. The molecule has 1 aromatic rings. The first-order chi connectivity index (χ1) is 9.35. The molecule has 1 aromatic carbocycles. The molecular weight excluding hydrogens is 348 g/mol. The van der Waals surface area contributed by atoms with E-state index in [1.165, 1.54) is 4.90 Å². The smallest absolute Gasteiger partial charge is 0.321 e. The number of benzene rings is 1. The fourth-order valence-corrected chi connectivity index (χ4v) is 2.27. The van der Waals surface area contributed by atoms with Crippen LogP contribution in [0, 0.1) is 5.92 Å². The van der Waals surface area contributed by atoms with E-state index in [9.17, 15) is 9.59 Å². The quantitative estimate of drug-likeness (QED) is 0.838. The molecule has 0 bridgehead atoms. The first-order valence-corrected chi connectivity index (χ1v) is 7.26. The molecule has 0 saturated carbocycles. The van der Waals surface area contributed by atoms with Crippen LogP contribution in [0.3, 0.4) is 0 Å². The number of nitrogens with zero attached hydrogens (tertiary/aromatic N) is 1. The molecule has 5 nitrogen and oxygen atoms in total. The van der Waals surface area contributed by atoms with Gasteiger partial charge in [-0.15, -0.1) is 0 Å². The molecule has 110 valence electrons. The molecule has 0 saturated heterocycles. The van der Waals surface area contributed by atoms with E-state index < -0.39 is 11.9 Å². The SMILES string of the molecule is CCN(CC(C)C(=O)O)C(=O)Nc1ccc(Br)cc1Cl. The molecule has 20 heavy (non-hydrogen) atoms. The van der Waals surface area contributed by atoms with Crippen LogP contribution in [0.25, 0.3) is 0 Å². The number of anilines is 1. The monoisotopic (exact) mass is 362 g/mol. The minimum Gasteiger partial charge on any atom is -0.481 e. The van der Waals surface area contributed by atoms with Crippen molar-refractivity contribution in [2.75, 3.05) is 18.4 Å². The normalized spacial score (nSPS) is 11.8. The summed E-state index contributed by atoms with van der Waals surface area (Å²) in [6.07, 6.45) is 0. The Labute approximate surface area is 131 Å². The number of carboxylic acids is 1. The van der Waals surface area contributed by atoms with Gasteiger partial charge in [-0.1, -0.05) is 34.5 Å². The maximum Gasteiger partial charge on any atom is 0.321 e. The van der Waals surface area contributed by atoms with E-state index in [0.29, 0.717) is 17.3 Å². The molecule has 0 radical (unpaired) electrons. The van der Waals surface area contributed by atoms with Crippen molar-refractivity contribution < 1.29 is 14.7 Å². The van der Waals surface area contributed by atoms with Gasteiger partial charge in [0.2, 0.25) is 0 Å². The lowest BCUT2D eigenvalue weighted by molar-refractivity contribution is -0.141. The predicted octanol–water partition coefficient (Wildman–Crippen LogP) is 3.68. The van der Waals surface area contributed by atoms with Crippen molar-refractivity contribution in [3.05, 3.63) is 27.7 Å². The number of nitrogens with one attached hydrogen (secondary N) is 1. The molecule has 0 aliphatic rings. The summed E-state index contributed by atoms with van der Waals surface area (Å²) < 4.78 is 0.812.